The molecule has 0 saturated carbocycles. The minimum atomic E-state index is -3.34. The van der Waals surface area contributed by atoms with E-state index < -0.39 is 15.5 Å². The summed E-state index contributed by atoms with van der Waals surface area (Å²) in [6, 6.07) is 0. The lowest BCUT2D eigenvalue weighted by Crippen LogP contribution is -2.19. The van der Waals surface area contributed by atoms with Crippen molar-refractivity contribution in [3.8, 4) is 0 Å². The van der Waals surface area contributed by atoms with Gasteiger partial charge in [-0.15, -0.1) is 0 Å². The molecule has 0 heterocycles. The summed E-state index contributed by atoms with van der Waals surface area (Å²) in [5.74, 6) is 0.0104. The zero-order valence-corrected chi connectivity index (χ0v) is 7.19. The van der Waals surface area contributed by atoms with E-state index in [1.807, 2.05) is 0 Å². The predicted molar refractivity (Wildman–Crippen MR) is 40.1 cm³/mol. The average molecular weight is 156 g/mol. The molecule has 0 spiro atoms. The van der Waals surface area contributed by atoms with E-state index in [9.17, 15) is 7.77 Å². The number of rotatable bonds is 1. The van der Waals surface area contributed by atoms with Crippen LogP contribution < -0.4 is 0 Å². The molecule has 0 saturated heterocycles. The Morgan fingerprint density at radius 3 is 1.56 bits per heavy atom. The van der Waals surface area contributed by atoms with Gasteiger partial charge >= 0.3 is 0 Å². The summed E-state index contributed by atoms with van der Waals surface area (Å²) in [5.41, 5.74) is 0. The zero-order valence-electron chi connectivity index (χ0n) is 6.37. The Morgan fingerprint density at radius 1 is 1.22 bits per heavy atom. The third kappa shape index (κ3) is 2.12. The van der Waals surface area contributed by atoms with Gasteiger partial charge in [0.2, 0.25) is 0 Å². The third-order valence-corrected chi connectivity index (χ3v) is 3.78. The van der Waals surface area contributed by atoms with E-state index in [4.69, 9.17) is 0 Å². The normalized spacial score (nSPS) is 15.8. The second kappa shape index (κ2) is 2.45. The van der Waals surface area contributed by atoms with E-state index in [0.29, 0.717) is 0 Å². The molecular formula is C6H14F2S. The Balaban J connectivity index is 4.14. The minimum absolute atomic E-state index is 0.0104. The molecule has 0 aliphatic heterocycles. The molecule has 9 heavy (non-hydrogen) atoms. The maximum absolute atomic E-state index is 12.7. The maximum atomic E-state index is 12.7. The van der Waals surface area contributed by atoms with Gasteiger partial charge in [0, 0.05) is 10.5 Å². The lowest BCUT2D eigenvalue weighted by molar-refractivity contribution is 0.639. The van der Waals surface area contributed by atoms with Crippen LogP contribution in [0.15, 0.2) is 0 Å². The Kier molecular flexibility index (Phi) is 2.50. The highest BCUT2D eigenvalue weighted by Crippen LogP contribution is 2.61. The Labute approximate surface area is 57.5 Å². The Bertz CT molecular complexity index is 93.7. The van der Waals surface area contributed by atoms with E-state index in [1.165, 1.54) is 0 Å². The molecule has 0 fully saturated rings. The van der Waals surface area contributed by atoms with Gasteiger partial charge in [0.05, 0.1) is 10.8 Å². The van der Waals surface area contributed by atoms with E-state index >= 15 is 0 Å². The van der Waals surface area contributed by atoms with Crippen LogP contribution in [0.25, 0.3) is 0 Å². The van der Waals surface area contributed by atoms with E-state index in [-0.39, 0.29) is 5.75 Å². The SMILES string of the molecule is CCS(F)(F)C(C)(C)C. The molecule has 0 aromatic rings. The second-order valence-corrected chi connectivity index (χ2v) is 5.93. The van der Waals surface area contributed by atoms with Crippen molar-refractivity contribution in [2.24, 2.45) is 0 Å². The highest BCUT2D eigenvalue weighted by atomic mass is 32.3. The first-order chi connectivity index (χ1) is 3.81. The van der Waals surface area contributed by atoms with Crippen LogP contribution >= 0.6 is 10.8 Å². The van der Waals surface area contributed by atoms with Gasteiger partial charge in [-0.25, -0.2) is 0 Å². The predicted octanol–water partition coefficient (Wildman–Crippen LogP) is 3.38. The summed E-state index contributed by atoms with van der Waals surface area (Å²) in [4.78, 5) is 0. The molecule has 0 bridgehead atoms. The molecule has 0 aliphatic rings. The van der Waals surface area contributed by atoms with E-state index in [1.54, 1.807) is 27.7 Å². The monoisotopic (exact) mass is 156 g/mol. The van der Waals surface area contributed by atoms with Crippen LogP contribution in [0.4, 0.5) is 7.77 Å². The van der Waals surface area contributed by atoms with Crippen molar-refractivity contribution < 1.29 is 7.77 Å². The summed E-state index contributed by atoms with van der Waals surface area (Å²) < 4.78 is 24.7. The van der Waals surface area contributed by atoms with Crippen LogP contribution in [-0.4, -0.2) is 10.5 Å². The van der Waals surface area contributed by atoms with Crippen LogP contribution in [0.3, 0.4) is 0 Å². The van der Waals surface area contributed by atoms with Gasteiger partial charge in [0.1, 0.15) is 0 Å². The molecule has 0 aromatic carbocycles. The summed E-state index contributed by atoms with van der Waals surface area (Å²) in [6.45, 7) is 6.31. The molecule has 0 unspecified atom stereocenters. The van der Waals surface area contributed by atoms with Crippen molar-refractivity contribution in [1.82, 2.24) is 0 Å². The van der Waals surface area contributed by atoms with Crippen LogP contribution in [0.5, 0.6) is 0 Å². The summed E-state index contributed by atoms with van der Waals surface area (Å²) in [6.07, 6.45) is 0. The lowest BCUT2D eigenvalue weighted by Gasteiger charge is -2.33. The molecule has 0 aromatic heterocycles. The van der Waals surface area contributed by atoms with Gasteiger partial charge in [0.25, 0.3) is 0 Å². The molecule has 0 atom stereocenters. The molecule has 3 heteroatoms. The third-order valence-electron chi connectivity index (χ3n) is 1.26. The van der Waals surface area contributed by atoms with E-state index in [2.05, 4.69) is 0 Å². The van der Waals surface area contributed by atoms with Crippen molar-refractivity contribution in [2.75, 3.05) is 5.75 Å². The maximum Gasteiger partial charge on any atom is 0.0619 e. The molecule has 0 N–H and O–H groups in total. The first kappa shape index (κ1) is 9.21. The summed E-state index contributed by atoms with van der Waals surface area (Å²) >= 11 is 0. The largest absolute Gasteiger partial charge is 0.157 e. The van der Waals surface area contributed by atoms with Gasteiger partial charge in [0.15, 0.2) is 0 Å². The van der Waals surface area contributed by atoms with Crippen LogP contribution in [0.1, 0.15) is 27.7 Å². The number of hydrogen-bond donors (Lipinski definition) is 0. The fourth-order valence-corrected chi connectivity index (χ4v) is 1.30. The highest BCUT2D eigenvalue weighted by Gasteiger charge is 2.35. The smallest absolute Gasteiger partial charge is 0.0619 e. The van der Waals surface area contributed by atoms with E-state index in [0.717, 1.165) is 0 Å². The molecule has 0 aliphatic carbocycles. The van der Waals surface area contributed by atoms with Gasteiger partial charge in [-0.2, -0.15) is 7.77 Å². The molecule has 0 amide bonds. The number of hydrogen-bond acceptors (Lipinski definition) is 0. The topological polar surface area (TPSA) is 0 Å². The van der Waals surface area contributed by atoms with Crippen LogP contribution in [0, 0.1) is 0 Å². The molecule has 0 nitrogen and oxygen atoms in total. The van der Waals surface area contributed by atoms with Gasteiger partial charge in [-0.05, 0) is 20.8 Å². The highest BCUT2D eigenvalue weighted by molar-refractivity contribution is 8.26. The first-order valence-corrected chi connectivity index (χ1v) is 4.61. The van der Waals surface area contributed by atoms with Crippen molar-refractivity contribution in [2.45, 2.75) is 32.4 Å². The van der Waals surface area contributed by atoms with Crippen molar-refractivity contribution in [3.63, 3.8) is 0 Å². The molecular weight excluding hydrogens is 142 g/mol. The lowest BCUT2D eigenvalue weighted by atomic mass is 10.3. The zero-order chi connectivity index (χ0) is 7.71. The first-order valence-electron chi connectivity index (χ1n) is 3.01. The summed E-state index contributed by atoms with van der Waals surface area (Å²) in [5, 5.41) is 0. The molecule has 58 valence electrons. The second-order valence-electron chi connectivity index (χ2n) is 2.98. The van der Waals surface area contributed by atoms with Gasteiger partial charge in [-0.1, -0.05) is 6.92 Å². The van der Waals surface area contributed by atoms with Crippen molar-refractivity contribution in [3.05, 3.63) is 0 Å². The Morgan fingerprint density at radius 2 is 1.56 bits per heavy atom. The van der Waals surface area contributed by atoms with Crippen molar-refractivity contribution >= 4 is 10.8 Å². The quantitative estimate of drug-likeness (QED) is 0.546. The fourth-order valence-electron chi connectivity index (χ4n) is 0.433. The standard InChI is InChI=1S/C6H14F2S/c1-5-9(7,8)6(2,3)4/h5H2,1-4H3. The number of halogens is 2. The van der Waals surface area contributed by atoms with Gasteiger partial charge < -0.3 is 0 Å². The molecule has 0 rings (SSSR count). The van der Waals surface area contributed by atoms with Crippen LogP contribution in [-0.2, 0) is 0 Å². The average Bonchev–Trinajstić information content (AvgIpc) is 1.64. The van der Waals surface area contributed by atoms with Crippen LogP contribution in [0.2, 0.25) is 0 Å². The fraction of sp³-hybridized carbons (Fsp3) is 1.00. The molecule has 0 radical (unpaired) electrons. The Hall–Kier alpha value is 0.210. The summed E-state index contributed by atoms with van der Waals surface area (Å²) in [7, 11) is -3.34. The van der Waals surface area contributed by atoms with Gasteiger partial charge in [-0.3, -0.25) is 0 Å². The minimum Gasteiger partial charge on any atom is -0.157 e. The van der Waals surface area contributed by atoms with Crippen molar-refractivity contribution in [1.29, 1.82) is 0 Å².